The summed E-state index contributed by atoms with van der Waals surface area (Å²) in [6.45, 7) is 1.95. The number of hydrogen-bond acceptors (Lipinski definition) is 8. The molecule has 228 valence electrons. The zero-order valence-electron chi connectivity index (χ0n) is 25.9. The largest absolute Gasteiger partial charge is 0.493 e. The minimum absolute atomic E-state index is 0.0385. The number of carbonyl (C=O) groups is 1. The standard InChI is InChI=1S/C36H36N6O3/c1-41(2)34(43)23-42(3)15-16-45-33-19-30-31(20-32(33)44-4)39-35(26-12-8-11-25(17-26)24-9-6-5-7-10-24)40-36(30)38-29-14-13-27-21-37-22-28(27)18-29/h5-14,17-20,22H,15-16,21,23H2,1-4H3,(H,38,39,40). The van der Waals surface area contributed by atoms with Gasteiger partial charge in [0.2, 0.25) is 5.91 Å². The van der Waals surface area contributed by atoms with E-state index in [1.807, 2.05) is 66.7 Å². The molecule has 4 aromatic carbocycles. The second-order valence-corrected chi connectivity index (χ2v) is 11.2. The zero-order chi connectivity index (χ0) is 31.3. The smallest absolute Gasteiger partial charge is 0.236 e. The van der Waals surface area contributed by atoms with E-state index in [1.54, 1.807) is 26.1 Å². The summed E-state index contributed by atoms with van der Waals surface area (Å²) in [7, 11) is 7.02. The Morgan fingerprint density at radius 2 is 1.67 bits per heavy atom. The third-order valence-corrected chi connectivity index (χ3v) is 7.74. The highest BCUT2D eigenvalue weighted by Gasteiger charge is 2.17. The molecule has 0 saturated heterocycles. The molecule has 0 radical (unpaired) electrons. The maximum absolute atomic E-state index is 12.1. The van der Waals surface area contributed by atoms with Crippen LogP contribution in [-0.2, 0) is 11.3 Å². The summed E-state index contributed by atoms with van der Waals surface area (Å²) in [4.78, 5) is 30.0. The molecule has 1 amide bonds. The molecular formula is C36H36N6O3. The van der Waals surface area contributed by atoms with Crippen molar-refractivity contribution in [3.8, 4) is 34.0 Å². The lowest BCUT2D eigenvalue weighted by Gasteiger charge is -2.20. The van der Waals surface area contributed by atoms with E-state index in [0.29, 0.717) is 54.9 Å². The second kappa shape index (κ2) is 13.2. The highest BCUT2D eigenvalue weighted by molar-refractivity contribution is 5.95. The predicted molar refractivity (Wildman–Crippen MR) is 180 cm³/mol. The Balaban J connectivity index is 1.37. The first-order valence-electron chi connectivity index (χ1n) is 14.8. The summed E-state index contributed by atoms with van der Waals surface area (Å²) >= 11 is 0. The first kappa shape index (κ1) is 29.8. The van der Waals surface area contributed by atoms with Gasteiger partial charge in [0.1, 0.15) is 12.4 Å². The molecule has 0 fully saturated rings. The average molecular weight is 601 g/mol. The number of carbonyl (C=O) groups excluding carboxylic acids is 1. The fourth-order valence-corrected chi connectivity index (χ4v) is 5.18. The van der Waals surface area contributed by atoms with Crippen molar-refractivity contribution in [1.82, 2.24) is 19.8 Å². The number of anilines is 2. The van der Waals surface area contributed by atoms with Crippen LogP contribution in [0.15, 0.2) is 89.9 Å². The predicted octanol–water partition coefficient (Wildman–Crippen LogP) is 6.05. The van der Waals surface area contributed by atoms with Gasteiger partial charge in [-0.25, -0.2) is 9.97 Å². The quantitative estimate of drug-likeness (QED) is 0.197. The van der Waals surface area contributed by atoms with Gasteiger partial charge in [-0.15, -0.1) is 0 Å². The van der Waals surface area contributed by atoms with Crippen LogP contribution < -0.4 is 14.8 Å². The number of likely N-dealkylation sites (N-methyl/N-ethyl adjacent to an activating group) is 2. The SMILES string of the molecule is COc1cc2nc(-c3cccc(-c4ccccc4)c3)nc(Nc3ccc4c(c3)C=NC4)c2cc1OCCN(C)CC(=O)N(C)C. The monoisotopic (exact) mass is 600 g/mol. The summed E-state index contributed by atoms with van der Waals surface area (Å²) in [6.07, 6.45) is 1.90. The molecule has 0 saturated carbocycles. The summed E-state index contributed by atoms with van der Waals surface area (Å²) in [5, 5.41) is 4.34. The number of rotatable bonds is 11. The van der Waals surface area contributed by atoms with Crippen LogP contribution in [0.3, 0.4) is 0 Å². The highest BCUT2D eigenvalue weighted by atomic mass is 16.5. The minimum atomic E-state index is 0.0385. The molecule has 6 rings (SSSR count). The molecule has 1 aromatic heterocycles. The van der Waals surface area contributed by atoms with Crippen LogP contribution in [0, 0.1) is 0 Å². The first-order chi connectivity index (χ1) is 21.9. The van der Waals surface area contributed by atoms with E-state index in [0.717, 1.165) is 33.3 Å². The van der Waals surface area contributed by atoms with Crippen molar-refractivity contribution in [2.45, 2.75) is 6.54 Å². The Bertz CT molecular complexity index is 1870. The lowest BCUT2D eigenvalue weighted by Crippen LogP contribution is -2.36. The van der Waals surface area contributed by atoms with Crippen molar-refractivity contribution in [1.29, 1.82) is 0 Å². The second-order valence-electron chi connectivity index (χ2n) is 11.2. The number of nitrogens with one attached hydrogen (secondary N) is 1. The van der Waals surface area contributed by atoms with Crippen molar-refractivity contribution >= 4 is 34.5 Å². The molecule has 1 N–H and O–H groups in total. The van der Waals surface area contributed by atoms with Gasteiger partial charge in [0.05, 0.1) is 25.7 Å². The van der Waals surface area contributed by atoms with Crippen LogP contribution >= 0.6 is 0 Å². The van der Waals surface area contributed by atoms with Crippen LogP contribution in [0.25, 0.3) is 33.4 Å². The molecule has 1 aliphatic rings. The fraction of sp³-hybridized carbons (Fsp3) is 0.222. The van der Waals surface area contributed by atoms with E-state index in [9.17, 15) is 4.79 Å². The summed E-state index contributed by atoms with van der Waals surface area (Å²) < 4.78 is 11.9. The Morgan fingerprint density at radius 1 is 0.867 bits per heavy atom. The first-order valence-corrected chi connectivity index (χ1v) is 14.8. The molecule has 2 heterocycles. The Labute approximate surface area is 263 Å². The van der Waals surface area contributed by atoms with Gasteiger partial charge in [0.25, 0.3) is 0 Å². The Morgan fingerprint density at radius 3 is 2.47 bits per heavy atom. The number of amides is 1. The maximum atomic E-state index is 12.1. The molecule has 9 heteroatoms. The minimum Gasteiger partial charge on any atom is -0.493 e. The number of aliphatic imine (C=N–C) groups is 1. The molecule has 0 spiro atoms. The van der Waals surface area contributed by atoms with Crippen LogP contribution in [0.5, 0.6) is 11.5 Å². The van der Waals surface area contributed by atoms with Crippen LogP contribution in [0.1, 0.15) is 11.1 Å². The molecule has 0 atom stereocenters. The fourth-order valence-electron chi connectivity index (χ4n) is 5.18. The lowest BCUT2D eigenvalue weighted by molar-refractivity contribution is -0.129. The van der Waals surface area contributed by atoms with Crippen molar-refractivity contribution in [3.05, 3.63) is 96.1 Å². The molecule has 0 bridgehead atoms. The normalized spacial score (nSPS) is 11.9. The summed E-state index contributed by atoms with van der Waals surface area (Å²) in [5.74, 6) is 2.42. The van der Waals surface area contributed by atoms with E-state index >= 15 is 0 Å². The highest BCUT2D eigenvalue weighted by Crippen LogP contribution is 2.37. The van der Waals surface area contributed by atoms with E-state index in [2.05, 4.69) is 46.7 Å². The number of ether oxygens (including phenoxy) is 2. The molecule has 9 nitrogen and oxygen atoms in total. The number of aromatic nitrogens is 2. The number of methoxy groups -OCH3 is 1. The van der Waals surface area contributed by atoms with E-state index < -0.39 is 0 Å². The Hall–Kier alpha value is -5.28. The molecule has 0 unspecified atom stereocenters. The molecule has 0 aliphatic carbocycles. The van der Waals surface area contributed by atoms with E-state index in [4.69, 9.17) is 19.4 Å². The summed E-state index contributed by atoms with van der Waals surface area (Å²) in [5.41, 5.74) is 7.02. The van der Waals surface area contributed by atoms with Crippen molar-refractivity contribution in [2.75, 3.05) is 53.3 Å². The molecule has 5 aromatic rings. The topological polar surface area (TPSA) is 92.2 Å². The maximum Gasteiger partial charge on any atom is 0.236 e. The van der Waals surface area contributed by atoms with Gasteiger partial charge in [-0.05, 0) is 53.6 Å². The Kier molecular flexibility index (Phi) is 8.70. The van der Waals surface area contributed by atoms with Crippen molar-refractivity contribution in [3.63, 3.8) is 0 Å². The van der Waals surface area contributed by atoms with Gasteiger partial charge in [-0.1, -0.05) is 54.6 Å². The third kappa shape index (κ3) is 6.78. The summed E-state index contributed by atoms with van der Waals surface area (Å²) in [6, 6.07) is 28.5. The molecule has 1 aliphatic heterocycles. The number of benzene rings is 4. The van der Waals surface area contributed by atoms with Crippen LogP contribution in [0.2, 0.25) is 0 Å². The van der Waals surface area contributed by atoms with Gasteiger partial charge >= 0.3 is 0 Å². The average Bonchev–Trinajstić information content (AvgIpc) is 3.53. The number of fused-ring (bicyclic) bond motifs is 2. The van der Waals surface area contributed by atoms with Gasteiger partial charge in [-0.3, -0.25) is 14.7 Å². The van der Waals surface area contributed by atoms with Crippen molar-refractivity contribution in [2.24, 2.45) is 4.99 Å². The zero-order valence-corrected chi connectivity index (χ0v) is 25.9. The van der Waals surface area contributed by atoms with Gasteiger partial charge in [0.15, 0.2) is 17.3 Å². The van der Waals surface area contributed by atoms with Crippen molar-refractivity contribution < 1.29 is 14.3 Å². The molecule has 45 heavy (non-hydrogen) atoms. The molecular weight excluding hydrogens is 564 g/mol. The lowest BCUT2D eigenvalue weighted by atomic mass is 10.0. The van der Waals surface area contributed by atoms with E-state index in [1.165, 1.54) is 5.56 Å². The van der Waals surface area contributed by atoms with Gasteiger partial charge in [0, 0.05) is 49.6 Å². The number of hydrogen-bond donors (Lipinski definition) is 1. The van der Waals surface area contributed by atoms with E-state index in [-0.39, 0.29) is 5.91 Å². The van der Waals surface area contributed by atoms with Crippen LogP contribution in [0.4, 0.5) is 11.5 Å². The number of nitrogens with zero attached hydrogens (tertiary/aromatic N) is 5. The van der Waals surface area contributed by atoms with Gasteiger partial charge in [-0.2, -0.15) is 0 Å². The van der Waals surface area contributed by atoms with Crippen LogP contribution in [-0.4, -0.2) is 79.8 Å². The van der Waals surface area contributed by atoms with Gasteiger partial charge < -0.3 is 19.7 Å². The third-order valence-electron chi connectivity index (χ3n) is 7.74.